The van der Waals surface area contributed by atoms with Crippen molar-refractivity contribution in [2.24, 2.45) is 0 Å². The molecular weight excluding hydrogens is 1090 g/mol. The van der Waals surface area contributed by atoms with Gasteiger partial charge in [-0.3, -0.25) is 0 Å². The lowest BCUT2D eigenvalue weighted by molar-refractivity contribution is 0.480. The standard InChI is InChI=1S/C83H58BN5O/c1-83(2,3)62-39-34-56(35-40-62)58-38-43-71-77(48-58)87(64-45-60(54-22-9-5-10-23-54)44-61(46-64)55-24-11-6-12-25-55)79-51-65(88-72-30-16-15-28-68(72)69-29-19-33-80(90)82(69)88)50-78-81(79)84(71)70-42-37-57(53-20-7-4-8-21-53)47-76(70)86(78)63-41-36-59(52-85)75(49-63)89-73-31-17-13-26-66(73)67-27-14-18-32-74(67)89/h4-51,90H,1-3H3/i4D,7D,8D,15D,16D,19D,20D,21D,28D,29D,30D,33D. The molecule has 0 radical (unpaired) electrons. The van der Waals surface area contributed by atoms with Crippen LogP contribution in [0.2, 0.25) is 0 Å². The van der Waals surface area contributed by atoms with Crippen molar-refractivity contribution in [3.05, 3.63) is 302 Å². The molecule has 6 nitrogen and oxygen atoms in total. The summed E-state index contributed by atoms with van der Waals surface area (Å²) < 4.78 is 115. The first-order valence-electron chi connectivity index (χ1n) is 35.9. The van der Waals surface area contributed by atoms with Crippen LogP contribution in [-0.2, 0) is 5.41 Å². The first-order valence-corrected chi connectivity index (χ1v) is 29.9. The number of nitriles is 1. The first-order chi connectivity index (χ1) is 49.1. The van der Waals surface area contributed by atoms with Crippen molar-refractivity contribution >= 4 is 101 Å². The third-order valence-electron chi connectivity index (χ3n) is 18.0. The molecule has 0 saturated carbocycles. The Kier molecular flexibility index (Phi) is 9.46. The van der Waals surface area contributed by atoms with Gasteiger partial charge in [0.15, 0.2) is 0 Å². The molecule has 4 heterocycles. The zero-order valence-corrected chi connectivity index (χ0v) is 49.0. The van der Waals surface area contributed by atoms with E-state index in [4.69, 9.17) is 6.85 Å². The normalized spacial score (nSPS) is 14.4. The molecule has 2 aliphatic rings. The number of phenols is 1. The molecule has 424 valence electrons. The minimum absolute atomic E-state index is 0.0410. The molecule has 0 bridgehead atoms. The van der Waals surface area contributed by atoms with E-state index < -0.39 is 85.0 Å². The van der Waals surface area contributed by atoms with Gasteiger partial charge in [-0.05, 0) is 157 Å². The summed E-state index contributed by atoms with van der Waals surface area (Å²) in [4.78, 5) is 4.23. The van der Waals surface area contributed by atoms with Gasteiger partial charge in [0, 0.05) is 55.7 Å². The van der Waals surface area contributed by atoms with Crippen molar-refractivity contribution in [1.82, 2.24) is 9.13 Å². The Morgan fingerprint density at radius 3 is 1.54 bits per heavy atom. The Hall–Kier alpha value is -11.6. The predicted molar refractivity (Wildman–Crippen MR) is 376 cm³/mol. The second-order valence-electron chi connectivity index (χ2n) is 24.1. The third kappa shape index (κ3) is 8.33. The zero-order chi connectivity index (χ0) is 70.8. The van der Waals surface area contributed by atoms with Gasteiger partial charge in [-0.1, -0.05) is 227 Å². The molecule has 0 aliphatic carbocycles. The molecule has 1 N–H and O–H groups in total. The number of para-hydroxylation sites is 4. The van der Waals surface area contributed by atoms with Crippen LogP contribution in [0.25, 0.3) is 99.5 Å². The van der Waals surface area contributed by atoms with Crippen molar-refractivity contribution in [2.45, 2.75) is 26.2 Å². The Morgan fingerprint density at radius 1 is 0.389 bits per heavy atom. The maximum atomic E-state index is 12.7. The van der Waals surface area contributed by atoms with Crippen LogP contribution in [0.4, 0.5) is 34.1 Å². The quantitative estimate of drug-likeness (QED) is 0.154. The molecule has 0 amide bonds. The molecule has 13 aromatic carbocycles. The SMILES string of the molecule is [2H]c1c([2H])c([2H])c(-c2ccc3c(c2)N(c2ccc(C#N)c(-n4c5ccccc5c5ccccc54)c2)c2cc(-n4c5c([2H])c([2H])c([2H])c([2H])c5c5c([2H])c([2H])c([2H])c(O)c54)cc4c2B3c2ccc(-c3ccc(C(C)(C)C)cc3)cc2N4c2cc(-c3ccccc3)cc(-c3ccccc3)c2)c([2H])c1[2H]. The zero-order valence-electron chi connectivity index (χ0n) is 61.0. The average molecular weight is 1160 g/mol. The molecule has 2 aromatic heterocycles. The second-order valence-corrected chi connectivity index (χ2v) is 24.1. The molecule has 15 aromatic rings. The van der Waals surface area contributed by atoms with Gasteiger partial charge < -0.3 is 24.0 Å². The number of aromatic hydroxyl groups is 1. The third-order valence-corrected chi connectivity index (χ3v) is 18.0. The Balaban J connectivity index is 1.07. The lowest BCUT2D eigenvalue weighted by Crippen LogP contribution is -2.61. The number of fused-ring (bicyclic) bond motifs is 10. The molecule has 7 heteroatoms. The van der Waals surface area contributed by atoms with Crippen molar-refractivity contribution < 1.29 is 21.6 Å². The van der Waals surface area contributed by atoms with Crippen LogP contribution >= 0.6 is 0 Å². The molecule has 90 heavy (non-hydrogen) atoms. The van der Waals surface area contributed by atoms with Gasteiger partial charge in [-0.15, -0.1) is 0 Å². The summed E-state index contributed by atoms with van der Waals surface area (Å²) in [6.45, 7) is 5.83. The van der Waals surface area contributed by atoms with E-state index in [1.165, 1.54) is 4.57 Å². The molecule has 0 saturated heterocycles. The highest BCUT2D eigenvalue weighted by molar-refractivity contribution is 7.00. The van der Waals surface area contributed by atoms with Gasteiger partial charge in [0.2, 0.25) is 0 Å². The molecule has 0 atom stereocenters. The van der Waals surface area contributed by atoms with Crippen molar-refractivity contribution in [2.75, 3.05) is 9.80 Å². The van der Waals surface area contributed by atoms with Crippen LogP contribution in [-0.4, -0.2) is 21.0 Å². The van der Waals surface area contributed by atoms with Crippen LogP contribution in [0.5, 0.6) is 5.75 Å². The number of hydrogen-bond acceptors (Lipinski definition) is 4. The highest BCUT2D eigenvalue weighted by Crippen LogP contribution is 2.50. The summed E-state index contributed by atoms with van der Waals surface area (Å²) in [5.74, 6) is -0.732. The Morgan fingerprint density at radius 2 is 0.922 bits per heavy atom. The van der Waals surface area contributed by atoms with Gasteiger partial charge in [-0.25, -0.2) is 0 Å². The average Bonchev–Trinajstić information content (AvgIpc) is 1.02. The predicted octanol–water partition coefficient (Wildman–Crippen LogP) is 19.5. The van der Waals surface area contributed by atoms with Crippen molar-refractivity contribution in [3.8, 4) is 67.7 Å². The molecule has 0 spiro atoms. The van der Waals surface area contributed by atoms with Crippen molar-refractivity contribution in [3.63, 3.8) is 0 Å². The molecule has 0 fully saturated rings. The van der Waals surface area contributed by atoms with E-state index in [1.54, 1.807) is 12.1 Å². The minimum Gasteiger partial charge on any atom is -0.506 e. The summed E-state index contributed by atoms with van der Waals surface area (Å²) >= 11 is 0. The maximum absolute atomic E-state index is 12.7. The lowest BCUT2D eigenvalue weighted by atomic mass is 9.33. The van der Waals surface area contributed by atoms with Crippen molar-refractivity contribution in [1.29, 1.82) is 5.26 Å². The molecule has 0 unspecified atom stereocenters. The van der Waals surface area contributed by atoms with E-state index >= 15 is 0 Å². The van der Waals surface area contributed by atoms with Crippen LogP contribution in [0, 0.1) is 11.3 Å². The number of anilines is 6. The smallest absolute Gasteiger partial charge is 0.252 e. The van der Waals surface area contributed by atoms with Crippen LogP contribution < -0.4 is 26.2 Å². The fourth-order valence-electron chi connectivity index (χ4n) is 13.8. The summed E-state index contributed by atoms with van der Waals surface area (Å²) in [5.41, 5.74) is 14.9. The van der Waals surface area contributed by atoms with Crippen LogP contribution in [0.15, 0.2) is 291 Å². The summed E-state index contributed by atoms with van der Waals surface area (Å²) in [5, 5.41) is 25.6. The number of rotatable bonds is 8. The second kappa shape index (κ2) is 20.5. The van der Waals surface area contributed by atoms with Gasteiger partial charge in [0.05, 0.1) is 55.5 Å². The largest absolute Gasteiger partial charge is 0.506 e. The van der Waals surface area contributed by atoms with Gasteiger partial charge in [0.25, 0.3) is 6.71 Å². The number of nitrogens with zero attached hydrogens (tertiary/aromatic N) is 5. The van der Waals surface area contributed by atoms with E-state index in [-0.39, 0.29) is 38.5 Å². The number of aromatic nitrogens is 2. The van der Waals surface area contributed by atoms with E-state index in [0.29, 0.717) is 45.3 Å². The Bertz CT molecular complexity index is 5990. The highest BCUT2D eigenvalue weighted by atomic mass is 16.3. The Labute approximate surface area is 540 Å². The summed E-state index contributed by atoms with van der Waals surface area (Å²) in [6, 6.07) is 68.5. The maximum Gasteiger partial charge on any atom is 0.252 e. The number of benzene rings is 13. The lowest BCUT2D eigenvalue weighted by Gasteiger charge is -2.45. The minimum atomic E-state index is -0.732. The van der Waals surface area contributed by atoms with E-state index in [1.807, 2.05) is 126 Å². The van der Waals surface area contributed by atoms with Gasteiger partial charge in [-0.2, -0.15) is 5.26 Å². The highest BCUT2D eigenvalue weighted by Gasteiger charge is 2.44. The van der Waals surface area contributed by atoms with Crippen LogP contribution in [0.3, 0.4) is 0 Å². The number of hydrogen-bond donors (Lipinski definition) is 1. The van der Waals surface area contributed by atoms with Gasteiger partial charge in [0.1, 0.15) is 11.8 Å². The van der Waals surface area contributed by atoms with E-state index in [2.05, 4.69) is 121 Å². The van der Waals surface area contributed by atoms with E-state index in [0.717, 1.165) is 82.8 Å². The molecule has 17 rings (SSSR count). The molecular formula is C83H58BN5O. The van der Waals surface area contributed by atoms with Crippen LogP contribution in [0.1, 0.15) is 48.3 Å². The monoisotopic (exact) mass is 1160 g/mol. The van der Waals surface area contributed by atoms with Gasteiger partial charge >= 0.3 is 0 Å². The molecule has 2 aliphatic heterocycles. The topological polar surface area (TPSA) is 60.4 Å². The summed E-state index contributed by atoms with van der Waals surface area (Å²) in [6.07, 6.45) is 0. The van der Waals surface area contributed by atoms with E-state index in [9.17, 15) is 20.0 Å². The first kappa shape index (κ1) is 41.5. The number of phenolic OH excluding ortho intramolecular Hbond substituents is 1. The fourth-order valence-corrected chi connectivity index (χ4v) is 13.8. The summed E-state index contributed by atoms with van der Waals surface area (Å²) in [7, 11) is 0. The fraction of sp³-hybridized carbons (Fsp3) is 0.0482.